The second kappa shape index (κ2) is 12.4. The zero-order chi connectivity index (χ0) is 28.2. The number of likely N-dealkylation sites (tertiary alicyclic amines) is 1. The van der Waals surface area contributed by atoms with E-state index < -0.39 is 23.3 Å². The first-order valence-electron chi connectivity index (χ1n) is 13.8. The van der Waals surface area contributed by atoms with E-state index in [1.807, 2.05) is 42.5 Å². The van der Waals surface area contributed by atoms with Crippen LogP contribution in [0.3, 0.4) is 0 Å². The van der Waals surface area contributed by atoms with Gasteiger partial charge >= 0.3 is 0 Å². The molecule has 9 heteroatoms. The third-order valence-electron chi connectivity index (χ3n) is 7.74. The first-order chi connectivity index (χ1) is 18.5. The van der Waals surface area contributed by atoms with Crippen LogP contribution in [0, 0.1) is 11.3 Å². The van der Waals surface area contributed by atoms with Crippen LogP contribution in [-0.4, -0.2) is 63.6 Å². The Hall–Kier alpha value is -2.48. The number of sulfonamides is 1. The van der Waals surface area contributed by atoms with Gasteiger partial charge in [0.1, 0.15) is 6.73 Å². The standard InChI is InChI=1S/C30H42N4O3SSi/c1-32-15-9-12-27(32)18-26-22-34(23-37-16-17-39(3,4)5)29-14-13-25(19-28(26)29)30(20-31)38(35,36)33(2)21-24-10-7-6-8-11-24/h6-8,10-11,13-14,19,22,27,30H,9,12,15-18,21,23H2,1-5H3/t27-,30?/m1/s1. The van der Waals surface area contributed by atoms with E-state index in [-0.39, 0.29) is 6.54 Å². The Morgan fingerprint density at radius 2 is 1.92 bits per heavy atom. The third-order valence-corrected chi connectivity index (χ3v) is 11.4. The fourth-order valence-electron chi connectivity index (χ4n) is 5.28. The second-order valence-electron chi connectivity index (χ2n) is 12.0. The van der Waals surface area contributed by atoms with E-state index in [1.54, 1.807) is 13.1 Å². The number of aromatic nitrogens is 1. The van der Waals surface area contributed by atoms with Gasteiger partial charge < -0.3 is 14.2 Å². The van der Waals surface area contributed by atoms with Gasteiger partial charge in [0.15, 0.2) is 5.25 Å². The lowest BCUT2D eigenvalue weighted by molar-refractivity contribution is 0.0901. The van der Waals surface area contributed by atoms with Crippen LogP contribution >= 0.6 is 0 Å². The molecule has 0 spiro atoms. The van der Waals surface area contributed by atoms with Gasteiger partial charge in [0, 0.05) is 45.9 Å². The minimum absolute atomic E-state index is 0.216. The van der Waals surface area contributed by atoms with Gasteiger partial charge in [-0.3, -0.25) is 0 Å². The number of likely N-dealkylation sites (N-methyl/N-ethyl adjacent to an activating group) is 1. The molecule has 0 amide bonds. The molecular formula is C30H42N4O3SSi. The quantitative estimate of drug-likeness (QED) is 0.210. The van der Waals surface area contributed by atoms with E-state index in [0.29, 0.717) is 18.3 Å². The van der Waals surface area contributed by atoms with Gasteiger partial charge in [-0.2, -0.15) is 9.57 Å². The molecule has 0 bridgehead atoms. The van der Waals surface area contributed by atoms with Crippen molar-refractivity contribution in [3.63, 3.8) is 0 Å². The van der Waals surface area contributed by atoms with Crippen LogP contribution < -0.4 is 0 Å². The van der Waals surface area contributed by atoms with Crippen molar-refractivity contribution < 1.29 is 13.2 Å². The number of rotatable bonds is 12. The summed E-state index contributed by atoms with van der Waals surface area (Å²) in [5.41, 5.74) is 3.56. The summed E-state index contributed by atoms with van der Waals surface area (Å²) >= 11 is 0. The van der Waals surface area contributed by atoms with E-state index in [4.69, 9.17) is 4.74 Å². The Morgan fingerprint density at radius 1 is 1.18 bits per heavy atom. The van der Waals surface area contributed by atoms with Gasteiger partial charge in [-0.15, -0.1) is 0 Å². The summed E-state index contributed by atoms with van der Waals surface area (Å²) in [5, 5.41) is 9.78. The zero-order valence-corrected chi connectivity index (χ0v) is 25.7. The minimum Gasteiger partial charge on any atom is -0.361 e. The first kappa shape index (κ1) is 29.5. The number of hydrogen-bond acceptors (Lipinski definition) is 5. The molecule has 1 aliphatic rings. The van der Waals surface area contributed by atoms with Crippen LogP contribution in [0.1, 0.15) is 34.8 Å². The van der Waals surface area contributed by atoms with Crippen LogP contribution in [0.4, 0.5) is 0 Å². The maximum absolute atomic E-state index is 13.5. The van der Waals surface area contributed by atoms with Gasteiger partial charge in [0.25, 0.3) is 0 Å². The molecule has 3 aromatic rings. The SMILES string of the molecule is CN1CCC[C@@H]1Cc1cn(COCC[Si](C)(C)C)c2ccc(C(C#N)S(=O)(=O)N(C)Cc3ccccc3)cc12. The summed E-state index contributed by atoms with van der Waals surface area (Å²) in [6, 6.07) is 18.7. The number of nitriles is 1. The topological polar surface area (TPSA) is 78.6 Å². The maximum Gasteiger partial charge on any atom is 0.234 e. The lowest BCUT2D eigenvalue weighted by atomic mass is 10.0. The Labute approximate surface area is 235 Å². The molecule has 0 saturated carbocycles. The molecule has 2 atom stereocenters. The van der Waals surface area contributed by atoms with Gasteiger partial charge in [0.05, 0.1) is 11.6 Å². The van der Waals surface area contributed by atoms with E-state index >= 15 is 0 Å². The summed E-state index contributed by atoms with van der Waals surface area (Å²) in [6.45, 7) is 9.53. The maximum atomic E-state index is 13.5. The van der Waals surface area contributed by atoms with Crippen molar-refractivity contribution >= 4 is 29.0 Å². The van der Waals surface area contributed by atoms with E-state index in [0.717, 1.165) is 48.5 Å². The molecule has 1 aromatic heterocycles. The highest BCUT2D eigenvalue weighted by Crippen LogP contribution is 2.32. The van der Waals surface area contributed by atoms with Crippen molar-refractivity contribution in [1.82, 2.24) is 13.8 Å². The van der Waals surface area contributed by atoms with Crippen LogP contribution in [0.5, 0.6) is 0 Å². The average Bonchev–Trinajstić information content (AvgIpc) is 3.45. The van der Waals surface area contributed by atoms with E-state index in [9.17, 15) is 13.7 Å². The fraction of sp³-hybridized carbons (Fsp3) is 0.500. The molecule has 39 heavy (non-hydrogen) atoms. The Kier molecular flexibility index (Phi) is 9.35. The highest BCUT2D eigenvalue weighted by molar-refractivity contribution is 7.89. The highest BCUT2D eigenvalue weighted by atomic mass is 32.2. The number of ether oxygens (including phenoxy) is 1. The van der Waals surface area contributed by atoms with Crippen molar-refractivity contribution in [3.05, 3.63) is 71.4 Å². The summed E-state index contributed by atoms with van der Waals surface area (Å²) in [7, 11) is -1.38. The normalized spacial score (nSPS) is 17.6. The van der Waals surface area contributed by atoms with Gasteiger partial charge in [0.2, 0.25) is 10.0 Å². The lowest BCUT2D eigenvalue weighted by Crippen LogP contribution is -2.30. The van der Waals surface area contributed by atoms with Crippen molar-refractivity contribution in [1.29, 1.82) is 5.26 Å². The molecule has 2 heterocycles. The molecule has 2 aromatic carbocycles. The van der Waals surface area contributed by atoms with E-state index in [2.05, 4.69) is 48.4 Å². The predicted molar refractivity (Wildman–Crippen MR) is 161 cm³/mol. The first-order valence-corrected chi connectivity index (χ1v) is 19.0. The Bertz CT molecular complexity index is 1410. The number of nitrogens with zero attached hydrogens (tertiary/aromatic N) is 4. The minimum atomic E-state index is -3.90. The van der Waals surface area contributed by atoms with Gasteiger partial charge in [-0.1, -0.05) is 56.0 Å². The molecule has 1 saturated heterocycles. The number of hydrogen-bond donors (Lipinski definition) is 0. The molecule has 1 aliphatic heterocycles. The van der Waals surface area contributed by atoms with Crippen LogP contribution in [0.15, 0.2) is 54.7 Å². The van der Waals surface area contributed by atoms with Crippen molar-refractivity contribution in [3.8, 4) is 6.07 Å². The molecule has 4 rings (SSSR count). The molecule has 0 radical (unpaired) electrons. The fourth-order valence-corrected chi connectivity index (χ4v) is 7.35. The summed E-state index contributed by atoms with van der Waals surface area (Å²) < 4.78 is 36.6. The average molecular weight is 567 g/mol. The summed E-state index contributed by atoms with van der Waals surface area (Å²) in [6.07, 6.45) is 5.38. The molecule has 0 N–H and O–H groups in total. The largest absolute Gasteiger partial charge is 0.361 e. The Balaban J connectivity index is 1.64. The third kappa shape index (κ3) is 7.19. The molecular weight excluding hydrogens is 525 g/mol. The van der Waals surface area contributed by atoms with Crippen LogP contribution in [-0.2, 0) is 34.5 Å². The molecule has 7 nitrogen and oxygen atoms in total. The van der Waals surface area contributed by atoms with Gasteiger partial charge in [-0.25, -0.2) is 8.42 Å². The van der Waals surface area contributed by atoms with Crippen molar-refractivity contribution in [2.45, 2.75) is 69.5 Å². The molecule has 1 fully saturated rings. The summed E-state index contributed by atoms with van der Waals surface area (Å²) in [5.74, 6) is 0. The van der Waals surface area contributed by atoms with Gasteiger partial charge in [-0.05, 0) is 67.7 Å². The van der Waals surface area contributed by atoms with Crippen LogP contribution in [0.2, 0.25) is 25.7 Å². The second-order valence-corrected chi connectivity index (χ2v) is 19.8. The smallest absolute Gasteiger partial charge is 0.234 e. The zero-order valence-electron chi connectivity index (χ0n) is 23.9. The monoisotopic (exact) mass is 566 g/mol. The van der Waals surface area contributed by atoms with Crippen molar-refractivity contribution in [2.75, 3.05) is 27.2 Å². The number of benzene rings is 2. The van der Waals surface area contributed by atoms with E-state index in [1.165, 1.54) is 16.3 Å². The lowest BCUT2D eigenvalue weighted by Gasteiger charge is -2.21. The molecule has 0 aliphatic carbocycles. The van der Waals surface area contributed by atoms with Crippen LogP contribution in [0.25, 0.3) is 10.9 Å². The Morgan fingerprint density at radius 3 is 2.56 bits per heavy atom. The summed E-state index contributed by atoms with van der Waals surface area (Å²) in [4.78, 5) is 2.40. The molecule has 1 unspecified atom stereocenters. The number of fused-ring (bicyclic) bond motifs is 1. The predicted octanol–water partition coefficient (Wildman–Crippen LogP) is 5.62. The highest BCUT2D eigenvalue weighted by Gasteiger charge is 2.32. The molecule has 210 valence electrons. The van der Waals surface area contributed by atoms with Crippen molar-refractivity contribution in [2.24, 2.45) is 0 Å².